The third-order valence-corrected chi connectivity index (χ3v) is 3.32. The first-order valence-electron chi connectivity index (χ1n) is 6.73. The van der Waals surface area contributed by atoms with E-state index in [1.54, 1.807) is 37.4 Å². The molecule has 2 N–H and O–H groups in total. The molecule has 0 spiro atoms. The van der Waals surface area contributed by atoms with Gasteiger partial charge in [0.05, 0.1) is 11.3 Å². The van der Waals surface area contributed by atoms with Gasteiger partial charge in [-0.05, 0) is 42.8 Å². The second kappa shape index (κ2) is 6.69. The Balaban J connectivity index is 2.25. The quantitative estimate of drug-likeness (QED) is 0.933. The average molecular weight is 279 g/mol. The second-order valence-electron chi connectivity index (χ2n) is 4.73. The Labute approximate surface area is 124 Å². The molecule has 4 nitrogen and oxygen atoms in total. The van der Waals surface area contributed by atoms with Crippen molar-refractivity contribution in [3.8, 4) is 6.07 Å². The number of hydrogen-bond acceptors (Lipinski definition) is 3. The highest BCUT2D eigenvalue weighted by Gasteiger charge is 2.15. The molecule has 4 heteroatoms. The fourth-order valence-electron chi connectivity index (χ4n) is 2.14. The van der Waals surface area contributed by atoms with Crippen LogP contribution in [0.4, 0.5) is 5.69 Å². The summed E-state index contributed by atoms with van der Waals surface area (Å²) in [5.74, 6) is -0.142. The van der Waals surface area contributed by atoms with Crippen molar-refractivity contribution < 1.29 is 4.79 Å². The lowest BCUT2D eigenvalue weighted by Gasteiger charge is -2.18. The van der Waals surface area contributed by atoms with Crippen molar-refractivity contribution in [1.82, 2.24) is 0 Å². The van der Waals surface area contributed by atoms with Gasteiger partial charge in [-0.3, -0.25) is 4.79 Å². The minimum absolute atomic E-state index is 0.142. The van der Waals surface area contributed by atoms with E-state index in [-0.39, 0.29) is 5.91 Å². The number of nitrogens with zero attached hydrogens (tertiary/aromatic N) is 2. The van der Waals surface area contributed by atoms with Crippen molar-refractivity contribution in [2.45, 2.75) is 6.42 Å². The van der Waals surface area contributed by atoms with Crippen LogP contribution in [0.3, 0.4) is 0 Å². The van der Waals surface area contributed by atoms with E-state index >= 15 is 0 Å². The summed E-state index contributed by atoms with van der Waals surface area (Å²) in [6.07, 6.45) is 0.793. The number of rotatable bonds is 4. The fraction of sp³-hybridized carbons (Fsp3) is 0.176. The van der Waals surface area contributed by atoms with Gasteiger partial charge in [0, 0.05) is 12.6 Å². The summed E-state index contributed by atoms with van der Waals surface area (Å²) < 4.78 is 0. The molecule has 0 heterocycles. The summed E-state index contributed by atoms with van der Waals surface area (Å²) in [5, 5.41) is 9.12. The number of hydrogen-bond donors (Lipinski definition) is 1. The highest BCUT2D eigenvalue weighted by atomic mass is 16.2. The van der Waals surface area contributed by atoms with Crippen LogP contribution >= 0.6 is 0 Å². The SMILES string of the molecule is CN(C(=O)c1ccc(CCN)cc1)c1ccccc1C#N. The summed E-state index contributed by atoms with van der Waals surface area (Å²) in [4.78, 5) is 14.0. The van der Waals surface area contributed by atoms with Crippen molar-refractivity contribution in [1.29, 1.82) is 5.26 Å². The molecule has 0 bridgehead atoms. The van der Waals surface area contributed by atoms with E-state index in [1.165, 1.54) is 4.90 Å². The molecule has 0 radical (unpaired) electrons. The van der Waals surface area contributed by atoms with Crippen LogP contribution < -0.4 is 10.6 Å². The Kier molecular flexibility index (Phi) is 4.70. The summed E-state index contributed by atoms with van der Waals surface area (Å²) in [6, 6.07) is 16.5. The Hall–Kier alpha value is -2.64. The number of anilines is 1. The third-order valence-electron chi connectivity index (χ3n) is 3.32. The lowest BCUT2D eigenvalue weighted by molar-refractivity contribution is 0.0993. The van der Waals surface area contributed by atoms with Crippen molar-refractivity contribution >= 4 is 11.6 Å². The summed E-state index contributed by atoms with van der Waals surface area (Å²) >= 11 is 0. The smallest absolute Gasteiger partial charge is 0.258 e. The fourth-order valence-corrected chi connectivity index (χ4v) is 2.14. The van der Waals surface area contributed by atoms with Crippen LogP contribution in [0.1, 0.15) is 21.5 Å². The second-order valence-corrected chi connectivity index (χ2v) is 4.73. The molecule has 0 atom stereocenters. The summed E-state index contributed by atoms with van der Waals surface area (Å²) in [5.41, 5.74) is 8.29. The minimum Gasteiger partial charge on any atom is -0.330 e. The van der Waals surface area contributed by atoms with Crippen LogP contribution in [0.5, 0.6) is 0 Å². The van der Waals surface area contributed by atoms with Gasteiger partial charge in [0.1, 0.15) is 6.07 Å². The average Bonchev–Trinajstić information content (AvgIpc) is 2.54. The Morgan fingerprint density at radius 2 is 1.86 bits per heavy atom. The number of amides is 1. The monoisotopic (exact) mass is 279 g/mol. The first kappa shape index (κ1) is 14.8. The first-order valence-corrected chi connectivity index (χ1v) is 6.73. The Bertz CT molecular complexity index is 671. The van der Waals surface area contributed by atoms with Crippen LogP contribution in [0.15, 0.2) is 48.5 Å². The van der Waals surface area contributed by atoms with Crippen molar-refractivity contribution in [2.75, 3.05) is 18.5 Å². The van der Waals surface area contributed by atoms with Crippen LogP contribution in [-0.2, 0) is 6.42 Å². The van der Waals surface area contributed by atoms with Crippen molar-refractivity contribution in [3.05, 3.63) is 65.2 Å². The molecule has 0 aliphatic rings. The van der Waals surface area contributed by atoms with Crippen LogP contribution in [0, 0.1) is 11.3 Å². The van der Waals surface area contributed by atoms with Gasteiger partial charge in [-0.1, -0.05) is 24.3 Å². The number of nitriles is 1. The largest absolute Gasteiger partial charge is 0.330 e. The number of para-hydroxylation sites is 1. The standard InChI is InChI=1S/C17H17N3O/c1-20(16-5-3-2-4-15(16)12-19)17(21)14-8-6-13(7-9-14)10-11-18/h2-9H,10-11,18H2,1H3. The van der Waals surface area contributed by atoms with E-state index in [2.05, 4.69) is 6.07 Å². The maximum absolute atomic E-state index is 12.5. The highest BCUT2D eigenvalue weighted by Crippen LogP contribution is 2.20. The van der Waals surface area contributed by atoms with Gasteiger partial charge in [-0.2, -0.15) is 5.26 Å². The molecule has 0 unspecified atom stereocenters. The normalized spacial score (nSPS) is 9.95. The topological polar surface area (TPSA) is 70.1 Å². The van der Waals surface area contributed by atoms with E-state index in [4.69, 9.17) is 11.0 Å². The number of carbonyl (C=O) groups is 1. The number of benzene rings is 2. The zero-order valence-electron chi connectivity index (χ0n) is 11.9. The Morgan fingerprint density at radius 1 is 1.19 bits per heavy atom. The maximum Gasteiger partial charge on any atom is 0.258 e. The number of nitrogens with two attached hydrogens (primary N) is 1. The maximum atomic E-state index is 12.5. The third kappa shape index (κ3) is 3.28. The van der Waals surface area contributed by atoms with Gasteiger partial charge in [0.25, 0.3) is 5.91 Å². The Morgan fingerprint density at radius 3 is 2.48 bits per heavy atom. The summed E-state index contributed by atoms with van der Waals surface area (Å²) in [6.45, 7) is 0.586. The molecule has 0 aliphatic carbocycles. The molecular formula is C17H17N3O. The van der Waals surface area contributed by atoms with E-state index in [0.29, 0.717) is 23.4 Å². The molecule has 0 saturated carbocycles. The highest BCUT2D eigenvalue weighted by molar-refractivity contribution is 6.06. The number of carbonyl (C=O) groups excluding carboxylic acids is 1. The molecule has 0 saturated heterocycles. The van der Waals surface area contributed by atoms with Crippen LogP contribution in [0.2, 0.25) is 0 Å². The molecule has 106 valence electrons. The van der Waals surface area contributed by atoms with Crippen molar-refractivity contribution in [3.63, 3.8) is 0 Å². The van der Waals surface area contributed by atoms with Crippen molar-refractivity contribution in [2.24, 2.45) is 5.73 Å². The molecule has 2 aromatic carbocycles. The summed E-state index contributed by atoms with van der Waals surface area (Å²) in [7, 11) is 1.67. The minimum atomic E-state index is -0.142. The zero-order chi connectivity index (χ0) is 15.2. The molecular weight excluding hydrogens is 262 g/mol. The van der Waals surface area contributed by atoms with Crippen LogP contribution in [0.25, 0.3) is 0 Å². The molecule has 21 heavy (non-hydrogen) atoms. The van der Waals surface area contributed by atoms with Gasteiger partial charge in [-0.25, -0.2) is 0 Å². The van der Waals surface area contributed by atoms with E-state index < -0.39 is 0 Å². The lowest BCUT2D eigenvalue weighted by Crippen LogP contribution is -2.26. The predicted molar refractivity (Wildman–Crippen MR) is 83.1 cm³/mol. The zero-order valence-corrected chi connectivity index (χ0v) is 11.9. The van der Waals surface area contributed by atoms with Gasteiger partial charge >= 0.3 is 0 Å². The molecule has 0 aromatic heterocycles. The molecule has 1 amide bonds. The predicted octanol–water partition coefficient (Wildman–Crippen LogP) is 2.34. The van der Waals surface area contributed by atoms with Gasteiger partial charge in [-0.15, -0.1) is 0 Å². The van der Waals surface area contributed by atoms with Gasteiger partial charge < -0.3 is 10.6 Å². The van der Waals surface area contributed by atoms with E-state index in [0.717, 1.165) is 12.0 Å². The molecule has 2 rings (SSSR count). The van der Waals surface area contributed by atoms with E-state index in [9.17, 15) is 4.79 Å². The van der Waals surface area contributed by atoms with Gasteiger partial charge in [0.15, 0.2) is 0 Å². The molecule has 2 aromatic rings. The van der Waals surface area contributed by atoms with E-state index in [1.807, 2.05) is 18.2 Å². The van der Waals surface area contributed by atoms with Crippen LogP contribution in [-0.4, -0.2) is 19.5 Å². The lowest BCUT2D eigenvalue weighted by atomic mass is 10.1. The molecule has 0 aliphatic heterocycles. The van der Waals surface area contributed by atoms with Gasteiger partial charge in [0.2, 0.25) is 0 Å². The molecule has 0 fully saturated rings. The first-order chi connectivity index (χ1) is 10.2.